The van der Waals surface area contributed by atoms with Gasteiger partial charge < -0.3 is 20.7 Å². The van der Waals surface area contributed by atoms with Crippen LogP contribution in [0, 0.1) is 12.3 Å². The molecule has 3 fully saturated rings. The molecule has 0 saturated carbocycles. The fourth-order valence-electron chi connectivity index (χ4n) is 4.92. The highest BCUT2D eigenvalue weighted by atomic mass is 16.5. The van der Waals surface area contributed by atoms with Crippen molar-refractivity contribution in [3.63, 3.8) is 0 Å². The van der Waals surface area contributed by atoms with Crippen LogP contribution in [0.4, 0.5) is 0 Å². The van der Waals surface area contributed by atoms with Crippen molar-refractivity contribution in [3.05, 3.63) is 70.8 Å². The van der Waals surface area contributed by atoms with Gasteiger partial charge in [0.2, 0.25) is 0 Å². The van der Waals surface area contributed by atoms with Crippen LogP contribution in [0.3, 0.4) is 0 Å². The zero-order chi connectivity index (χ0) is 25.1. The third-order valence-electron chi connectivity index (χ3n) is 7.29. The van der Waals surface area contributed by atoms with E-state index in [4.69, 9.17) is 10.5 Å². The monoisotopic (exact) mass is 479 g/mol. The van der Waals surface area contributed by atoms with E-state index in [1.54, 1.807) is 7.05 Å². The molecule has 2 aromatic carbocycles. The van der Waals surface area contributed by atoms with Crippen LogP contribution >= 0.6 is 0 Å². The lowest BCUT2D eigenvalue weighted by Crippen LogP contribution is -2.50. The van der Waals surface area contributed by atoms with Gasteiger partial charge in [0.05, 0.1) is 6.61 Å². The Kier molecular flexibility index (Phi) is 10.3. The topological polar surface area (TPSA) is 84.7 Å². The van der Waals surface area contributed by atoms with Crippen molar-refractivity contribution in [1.29, 1.82) is 0 Å². The lowest BCUT2D eigenvalue weighted by Gasteiger charge is -2.47. The maximum Gasteiger partial charge on any atom is 0.305 e. The molecular weight excluding hydrogens is 438 g/mol. The summed E-state index contributed by atoms with van der Waals surface area (Å²) in [6, 6.07) is 16.0. The summed E-state index contributed by atoms with van der Waals surface area (Å²) in [7, 11) is 1.63. The third kappa shape index (κ3) is 8.18. The Labute approximate surface area is 210 Å². The zero-order valence-corrected chi connectivity index (χ0v) is 21.4. The van der Waals surface area contributed by atoms with Crippen LogP contribution < -0.4 is 11.1 Å². The summed E-state index contributed by atoms with van der Waals surface area (Å²) in [5.74, 6) is -0.189. The Bertz CT molecular complexity index is 939. The average Bonchev–Trinajstić information content (AvgIpc) is 2.90. The van der Waals surface area contributed by atoms with Crippen LogP contribution in [-0.2, 0) is 22.4 Å². The molecule has 3 saturated heterocycles. The molecule has 2 bridgehead atoms. The maximum atomic E-state index is 12.2. The Morgan fingerprint density at radius 1 is 1.00 bits per heavy atom. The first-order chi connectivity index (χ1) is 16.9. The summed E-state index contributed by atoms with van der Waals surface area (Å²) in [5.41, 5.74) is 10.2. The van der Waals surface area contributed by atoms with E-state index in [2.05, 4.69) is 29.3 Å². The van der Waals surface area contributed by atoms with E-state index in [1.165, 1.54) is 5.56 Å². The van der Waals surface area contributed by atoms with Crippen LogP contribution in [0.15, 0.2) is 48.5 Å². The van der Waals surface area contributed by atoms with Crippen LogP contribution in [0.5, 0.6) is 0 Å². The smallest absolute Gasteiger partial charge is 0.305 e. The molecule has 1 amide bonds. The molecule has 190 valence electrons. The largest absolute Gasteiger partial charge is 0.465 e. The number of ether oxygens (including phenoxy) is 1. The predicted octanol–water partition coefficient (Wildman–Crippen LogP) is 3.89. The van der Waals surface area contributed by atoms with Gasteiger partial charge in [-0.3, -0.25) is 9.59 Å². The number of carbonyl (C=O) groups excluding carboxylic acids is 2. The Hall–Kier alpha value is -2.70. The van der Waals surface area contributed by atoms with Crippen molar-refractivity contribution in [3.8, 4) is 0 Å². The summed E-state index contributed by atoms with van der Waals surface area (Å²) in [6.07, 6.45) is 6.15. The molecule has 3 heterocycles. The van der Waals surface area contributed by atoms with Crippen molar-refractivity contribution < 1.29 is 14.3 Å². The van der Waals surface area contributed by atoms with E-state index in [0.717, 1.165) is 69.3 Å². The number of fused-ring (bicyclic) bond motifs is 3. The summed E-state index contributed by atoms with van der Waals surface area (Å²) in [5, 5.41) is 2.65. The molecule has 6 heteroatoms. The van der Waals surface area contributed by atoms with Crippen LogP contribution in [-0.4, -0.2) is 56.6 Å². The van der Waals surface area contributed by atoms with Gasteiger partial charge in [-0.25, -0.2) is 0 Å². The van der Waals surface area contributed by atoms with Gasteiger partial charge in [-0.1, -0.05) is 42.0 Å². The molecule has 2 aromatic rings. The van der Waals surface area contributed by atoms with Crippen molar-refractivity contribution >= 4 is 11.9 Å². The van der Waals surface area contributed by atoms with Gasteiger partial charge in [-0.15, -0.1) is 0 Å². The summed E-state index contributed by atoms with van der Waals surface area (Å²) < 4.78 is 5.65. The second-order valence-electron chi connectivity index (χ2n) is 9.86. The van der Waals surface area contributed by atoms with E-state index in [9.17, 15) is 9.59 Å². The minimum atomic E-state index is -0.0960. The first kappa shape index (κ1) is 26.9. The molecule has 3 aliphatic heterocycles. The minimum Gasteiger partial charge on any atom is -0.465 e. The molecule has 0 aromatic heterocycles. The summed E-state index contributed by atoms with van der Waals surface area (Å²) in [6.45, 7) is 6.64. The van der Waals surface area contributed by atoms with E-state index in [0.29, 0.717) is 25.1 Å². The van der Waals surface area contributed by atoms with Crippen LogP contribution in [0.25, 0.3) is 0 Å². The second-order valence-corrected chi connectivity index (χ2v) is 9.86. The fraction of sp³-hybridized carbons (Fsp3) is 0.517. The van der Waals surface area contributed by atoms with Gasteiger partial charge in [0.15, 0.2) is 0 Å². The summed E-state index contributed by atoms with van der Waals surface area (Å²) in [4.78, 5) is 26.6. The highest BCUT2D eigenvalue weighted by Crippen LogP contribution is 2.40. The SMILES string of the molecule is CNC(=O)c1ccc(CCCC(=O)OCC23CCN(CC2)CC3)c(CCN)c1.Cc1ccccc1. The number of hydrogen-bond acceptors (Lipinski definition) is 5. The lowest BCUT2D eigenvalue weighted by molar-refractivity contribution is -0.150. The van der Waals surface area contributed by atoms with Gasteiger partial charge >= 0.3 is 5.97 Å². The molecule has 0 unspecified atom stereocenters. The molecule has 3 N–H and O–H groups in total. The quantitative estimate of drug-likeness (QED) is 0.533. The molecule has 0 spiro atoms. The highest BCUT2D eigenvalue weighted by Gasteiger charge is 2.40. The van der Waals surface area contributed by atoms with Gasteiger partial charge in [0.1, 0.15) is 0 Å². The van der Waals surface area contributed by atoms with Crippen molar-refractivity contribution in [2.75, 3.05) is 39.8 Å². The average molecular weight is 480 g/mol. The second kappa shape index (κ2) is 13.4. The summed E-state index contributed by atoms with van der Waals surface area (Å²) >= 11 is 0. The van der Waals surface area contributed by atoms with Crippen LogP contribution in [0.1, 0.15) is 59.2 Å². The van der Waals surface area contributed by atoms with Gasteiger partial charge in [-0.05, 0) is 94.9 Å². The minimum absolute atomic E-state index is 0.0928. The van der Waals surface area contributed by atoms with Gasteiger partial charge in [0, 0.05) is 24.4 Å². The number of carbonyl (C=O) groups is 2. The predicted molar refractivity (Wildman–Crippen MR) is 140 cm³/mol. The van der Waals surface area contributed by atoms with E-state index < -0.39 is 0 Å². The lowest BCUT2D eigenvalue weighted by atomic mass is 9.73. The maximum absolute atomic E-state index is 12.2. The van der Waals surface area contributed by atoms with Gasteiger partial charge in [0.25, 0.3) is 5.91 Å². The molecule has 5 rings (SSSR count). The number of nitrogens with zero attached hydrogens (tertiary/aromatic N) is 1. The van der Waals surface area contributed by atoms with E-state index in [-0.39, 0.29) is 17.3 Å². The van der Waals surface area contributed by atoms with Crippen molar-refractivity contribution in [2.45, 2.75) is 51.9 Å². The number of nitrogens with two attached hydrogens (primary N) is 1. The number of piperidine rings is 3. The zero-order valence-electron chi connectivity index (χ0n) is 21.4. The Morgan fingerprint density at radius 2 is 1.69 bits per heavy atom. The molecule has 35 heavy (non-hydrogen) atoms. The van der Waals surface area contributed by atoms with Crippen molar-refractivity contribution in [2.24, 2.45) is 11.1 Å². The number of aryl methyl sites for hydroxylation is 2. The van der Waals surface area contributed by atoms with Gasteiger partial charge in [-0.2, -0.15) is 0 Å². The number of esters is 1. The molecule has 0 atom stereocenters. The molecule has 0 radical (unpaired) electrons. The van der Waals surface area contributed by atoms with Crippen molar-refractivity contribution in [1.82, 2.24) is 10.2 Å². The number of benzene rings is 2. The van der Waals surface area contributed by atoms with Crippen LogP contribution in [0.2, 0.25) is 0 Å². The molecule has 6 nitrogen and oxygen atoms in total. The first-order valence-electron chi connectivity index (χ1n) is 12.9. The standard InChI is InChI=1S/C22H33N3O3.C7H8/c1-24-21(27)19-6-5-17(18(15-19)7-11-23)3-2-4-20(26)28-16-22-8-12-25(13-9-22)14-10-22;1-7-5-3-2-4-6-7/h5-6,15H,2-4,7-14,16,23H2,1H3,(H,24,27);2-6H,1H3. The highest BCUT2D eigenvalue weighted by molar-refractivity contribution is 5.94. The number of rotatable bonds is 9. The molecule has 3 aliphatic rings. The Balaban J connectivity index is 0.000000420. The number of amides is 1. The molecule has 0 aliphatic carbocycles. The fourth-order valence-corrected chi connectivity index (χ4v) is 4.92. The normalized spacial score (nSPS) is 20.5. The number of hydrogen-bond donors (Lipinski definition) is 2. The first-order valence-corrected chi connectivity index (χ1v) is 12.9. The van der Waals surface area contributed by atoms with E-state index >= 15 is 0 Å². The Morgan fingerprint density at radius 3 is 2.26 bits per heavy atom. The molecular formula is C29H41N3O3. The third-order valence-corrected chi connectivity index (χ3v) is 7.29. The van der Waals surface area contributed by atoms with E-state index in [1.807, 2.05) is 36.4 Å². The number of nitrogens with one attached hydrogen (secondary N) is 1.